The highest BCUT2D eigenvalue weighted by Gasteiger charge is 2.05. The third-order valence-corrected chi connectivity index (χ3v) is 2.75. The van der Waals surface area contributed by atoms with E-state index in [1.165, 1.54) is 0 Å². The first-order chi connectivity index (χ1) is 9.22. The van der Waals surface area contributed by atoms with Crippen molar-refractivity contribution in [3.05, 3.63) is 60.2 Å². The first-order valence-electron chi connectivity index (χ1n) is 5.94. The Morgan fingerprint density at radius 2 is 1.84 bits per heavy atom. The third-order valence-electron chi connectivity index (χ3n) is 2.75. The zero-order chi connectivity index (χ0) is 13.7. The molecule has 0 bridgehead atoms. The average molecular weight is 256 g/mol. The standard InChI is InChI=1S/C16H16O3/c1-3-12-6-9-15(16(10-12)18-2)19-11-13-4-7-14(17)8-5-13/h3-10,17H,1,11H2,2H3. The molecule has 0 aliphatic rings. The maximum Gasteiger partial charge on any atom is 0.161 e. The predicted octanol–water partition coefficient (Wildman–Crippen LogP) is 3.62. The lowest BCUT2D eigenvalue weighted by Crippen LogP contribution is -1.97. The van der Waals surface area contributed by atoms with Gasteiger partial charge < -0.3 is 14.6 Å². The lowest BCUT2D eigenvalue weighted by atomic mass is 10.2. The van der Waals surface area contributed by atoms with E-state index in [9.17, 15) is 5.11 Å². The Balaban J connectivity index is 2.10. The Morgan fingerprint density at radius 3 is 2.47 bits per heavy atom. The van der Waals surface area contributed by atoms with Gasteiger partial charge in [0.15, 0.2) is 11.5 Å². The van der Waals surface area contributed by atoms with E-state index in [0.717, 1.165) is 11.1 Å². The smallest absolute Gasteiger partial charge is 0.161 e. The van der Waals surface area contributed by atoms with Crippen molar-refractivity contribution in [1.82, 2.24) is 0 Å². The monoisotopic (exact) mass is 256 g/mol. The maximum absolute atomic E-state index is 9.21. The second-order valence-electron chi connectivity index (χ2n) is 4.07. The van der Waals surface area contributed by atoms with Crippen molar-refractivity contribution in [2.45, 2.75) is 6.61 Å². The van der Waals surface area contributed by atoms with Crippen molar-refractivity contribution in [2.75, 3.05) is 7.11 Å². The molecule has 0 saturated carbocycles. The second-order valence-corrected chi connectivity index (χ2v) is 4.07. The fourth-order valence-electron chi connectivity index (χ4n) is 1.68. The summed E-state index contributed by atoms with van der Waals surface area (Å²) < 4.78 is 11.0. The molecule has 3 nitrogen and oxygen atoms in total. The van der Waals surface area contributed by atoms with Gasteiger partial charge in [0, 0.05) is 0 Å². The number of methoxy groups -OCH3 is 1. The van der Waals surface area contributed by atoms with Crippen LogP contribution in [0.5, 0.6) is 17.2 Å². The summed E-state index contributed by atoms with van der Waals surface area (Å²) in [5.74, 6) is 1.61. The van der Waals surface area contributed by atoms with Crippen molar-refractivity contribution >= 4 is 6.08 Å². The topological polar surface area (TPSA) is 38.7 Å². The molecule has 1 N–H and O–H groups in total. The number of phenols is 1. The van der Waals surface area contributed by atoms with Crippen LogP contribution in [-0.2, 0) is 6.61 Å². The zero-order valence-electron chi connectivity index (χ0n) is 10.8. The van der Waals surface area contributed by atoms with E-state index in [1.54, 1.807) is 25.3 Å². The maximum atomic E-state index is 9.21. The molecule has 2 rings (SSSR count). The molecule has 0 heterocycles. The summed E-state index contributed by atoms with van der Waals surface area (Å²) in [5.41, 5.74) is 1.96. The number of rotatable bonds is 5. The highest BCUT2D eigenvalue weighted by Crippen LogP contribution is 2.29. The van der Waals surface area contributed by atoms with Gasteiger partial charge in [-0.25, -0.2) is 0 Å². The van der Waals surface area contributed by atoms with Crippen LogP contribution < -0.4 is 9.47 Å². The summed E-state index contributed by atoms with van der Waals surface area (Å²) in [6.45, 7) is 4.14. The van der Waals surface area contributed by atoms with E-state index in [-0.39, 0.29) is 5.75 Å². The van der Waals surface area contributed by atoms with Crippen molar-refractivity contribution in [3.8, 4) is 17.2 Å². The minimum absolute atomic E-state index is 0.247. The molecule has 3 heteroatoms. The van der Waals surface area contributed by atoms with Gasteiger partial charge in [-0.1, -0.05) is 30.9 Å². The molecular formula is C16H16O3. The van der Waals surface area contributed by atoms with Gasteiger partial charge >= 0.3 is 0 Å². The van der Waals surface area contributed by atoms with Crippen molar-refractivity contribution < 1.29 is 14.6 Å². The van der Waals surface area contributed by atoms with Crippen LogP contribution in [0.1, 0.15) is 11.1 Å². The van der Waals surface area contributed by atoms with Crippen LogP contribution in [0.3, 0.4) is 0 Å². The molecule has 0 amide bonds. The molecule has 0 saturated heterocycles. The molecule has 0 radical (unpaired) electrons. The fraction of sp³-hybridized carbons (Fsp3) is 0.125. The van der Waals surface area contributed by atoms with Crippen LogP contribution in [0.15, 0.2) is 49.0 Å². The molecule has 98 valence electrons. The van der Waals surface area contributed by atoms with Gasteiger partial charge in [0.25, 0.3) is 0 Å². The van der Waals surface area contributed by atoms with Gasteiger partial charge in [-0.15, -0.1) is 0 Å². The van der Waals surface area contributed by atoms with Crippen LogP contribution >= 0.6 is 0 Å². The van der Waals surface area contributed by atoms with Crippen LogP contribution in [0, 0.1) is 0 Å². The summed E-state index contributed by atoms with van der Waals surface area (Å²) in [5, 5.41) is 9.21. The molecule has 2 aromatic carbocycles. The van der Waals surface area contributed by atoms with Crippen molar-refractivity contribution in [2.24, 2.45) is 0 Å². The van der Waals surface area contributed by atoms with E-state index >= 15 is 0 Å². The lowest BCUT2D eigenvalue weighted by molar-refractivity contribution is 0.284. The van der Waals surface area contributed by atoms with Crippen LogP contribution in [0.4, 0.5) is 0 Å². The Morgan fingerprint density at radius 1 is 1.11 bits per heavy atom. The van der Waals surface area contributed by atoms with Crippen LogP contribution in [-0.4, -0.2) is 12.2 Å². The van der Waals surface area contributed by atoms with Gasteiger partial charge in [-0.3, -0.25) is 0 Å². The largest absolute Gasteiger partial charge is 0.508 e. The SMILES string of the molecule is C=Cc1ccc(OCc2ccc(O)cc2)c(OC)c1. The van der Waals surface area contributed by atoms with Gasteiger partial charge in [-0.05, 0) is 35.4 Å². The number of ether oxygens (including phenoxy) is 2. The molecule has 2 aromatic rings. The Labute approximate surface area is 112 Å². The molecule has 19 heavy (non-hydrogen) atoms. The molecule has 0 aromatic heterocycles. The van der Waals surface area contributed by atoms with E-state index in [4.69, 9.17) is 9.47 Å². The zero-order valence-corrected chi connectivity index (χ0v) is 10.8. The van der Waals surface area contributed by atoms with E-state index in [1.807, 2.05) is 30.3 Å². The summed E-state index contributed by atoms with van der Waals surface area (Å²) in [4.78, 5) is 0. The van der Waals surface area contributed by atoms with Crippen molar-refractivity contribution in [3.63, 3.8) is 0 Å². The fourth-order valence-corrected chi connectivity index (χ4v) is 1.68. The minimum Gasteiger partial charge on any atom is -0.508 e. The highest BCUT2D eigenvalue weighted by molar-refractivity contribution is 5.54. The molecular weight excluding hydrogens is 240 g/mol. The van der Waals surface area contributed by atoms with Gasteiger partial charge in [0.1, 0.15) is 12.4 Å². The molecule has 0 aliphatic heterocycles. The summed E-state index contributed by atoms with van der Waals surface area (Å²) in [7, 11) is 1.61. The minimum atomic E-state index is 0.247. The normalized spacial score (nSPS) is 9.95. The van der Waals surface area contributed by atoms with E-state index in [0.29, 0.717) is 18.1 Å². The van der Waals surface area contributed by atoms with Crippen LogP contribution in [0.2, 0.25) is 0 Å². The first kappa shape index (κ1) is 13.0. The number of phenolic OH excluding ortho intramolecular Hbond substituents is 1. The Bertz CT molecular complexity index is 559. The Hall–Kier alpha value is -2.42. The number of hydrogen-bond donors (Lipinski definition) is 1. The first-order valence-corrected chi connectivity index (χ1v) is 5.94. The van der Waals surface area contributed by atoms with Gasteiger partial charge in [0.2, 0.25) is 0 Å². The molecule has 0 atom stereocenters. The lowest BCUT2D eigenvalue weighted by Gasteiger charge is -2.11. The summed E-state index contributed by atoms with van der Waals surface area (Å²) in [6, 6.07) is 12.6. The second kappa shape index (κ2) is 5.96. The van der Waals surface area contributed by atoms with Gasteiger partial charge in [0.05, 0.1) is 7.11 Å². The Kier molecular flexibility index (Phi) is 4.08. The third kappa shape index (κ3) is 3.28. The van der Waals surface area contributed by atoms with Gasteiger partial charge in [-0.2, -0.15) is 0 Å². The number of hydrogen-bond acceptors (Lipinski definition) is 3. The van der Waals surface area contributed by atoms with Crippen LogP contribution in [0.25, 0.3) is 6.08 Å². The molecule has 0 fully saturated rings. The highest BCUT2D eigenvalue weighted by atomic mass is 16.5. The molecule has 0 unspecified atom stereocenters. The van der Waals surface area contributed by atoms with Crippen molar-refractivity contribution in [1.29, 1.82) is 0 Å². The molecule has 0 aliphatic carbocycles. The average Bonchev–Trinajstić information content (AvgIpc) is 2.46. The summed E-state index contributed by atoms with van der Waals surface area (Å²) >= 11 is 0. The quantitative estimate of drug-likeness (QED) is 0.888. The number of aromatic hydroxyl groups is 1. The molecule has 0 spiro atoms. The summed E-state index contributed by atoms with van der Waals surface area (Å²) in [6.07, 6.45) is 1.76. The van der Waals surface area contributed by atoms with E-state index in [2.05, 4.69) is 6.58 Å². The number of benzene rings is 2. The predicted molar refractivity (Wildman–Crippen MR) is 75.5 cm³/mol. The van der Waals surface area contributed by atoms with E-state index < -0.39 is 0 Å².